The van der Waals surface area contributed by atoms with Gasteiger partial charge in [0.05, 0.1) is 6.61 Å². The van der Waals surface area contributed by atoms with Crippen molar-refractivity contribution in [3.05, 3.63) is 65.5 Å². The van der Waals surface area contributed by atoms with Crippen LogP contribution in [-0.2, 0) is 0 Å². The molecule has 1 unspecified atom stereocenters. The Balaban J connectivity index is 2.17. The van der Waals surface area contributed by atoms with Crippen molar-refractivity contribution in [1.29, 1.82) is 0 Å². The number of rotatable bonds is 6. The highest BCUT2D eigenvalue weighted by Gasteiger charge is 2.19. The molecule has 1 atom stereocenters. The van der Waals surface area contributed by atoms with Crippen molar-refractivity contribution in [3.8, 4) is 5.75 Å². The maximum Gasteiger partial charge on any atom is 0.185 e. The Morgan fingerprint density at radius 2 is 1.95 bits per heavy atom. The van der Waals surface area contributed by atoms with E-state index in [9.17, 15) is 9.18 Å². The normalized spacial score (nSPS) is 12.0. The van der Waals surface area contributed by atoms with Crippen LogP contribution in [0.3, 0.4) is 0 Å². The standard InChI is InChI=1S/C17H16ClFO2/c1-2-10-21-15-5-3-4-13(11-15)17(20)16(18)12-6-8-14(19)9-7-12/h3-9,11,16H,2,10H2,1H3. The zero-order valence-corrected chi connectivity index (χ0v) is 12.4. The van der Waals surface area contributed by atoms with Crippen molar-refractivity contribution in [2.45, 2.75) is 18.7 Å². The molecule has 0 fully saturated rings. The van der Waals surface area contributed by atoms with E-state index in [1.54, 1.807) is 24.3 Å². The molecule has 0 radical (unpaired) electrons. The molecule has 0 spiro atoms. The molecule has 2 aromatic carbocycles. The Labute approximate surface area is 128 Å². The number of ether oxygens (including phenoxy) is 1. The number of hydrogen-bond acceptors (Lipinski definition) is 2. The number of carbonyl (C=O) groups excluding carboxylic acids is 1. The highest BCUT2D eigenvalue weighted by molar-refractivity contribution is 6.33. The lowest BCUT2D eigenvalue weighted by molar-refractivity contribution is 0.0986. The topological polar surface area (TPSA) is 26.3 Å². The number of halogens is 2. The van der Waals surface area contributed by atoms with Crippen LogP contribution in [0, 0.1) is 5.82 Å². The maximum absolute atomic E-state index is 12.9. The van der Waals surface area contributed by atoms with Crippen LogP contribution >= 0.6 is 11.6 Å². The number of alkyl halides is 1. The first-order valence-electron chi connectivity index (χ1n) is 6.78. The first-order chi connectivity index (χ1) is 10.1. The molecule has 2 rings (SSSR count). The summed E-state index contributed by atoms with van der Waals surface area (Å²) in [6.07, 6.45) is 0.895. The molecule has 110 valence electrons. The number of Topliss-reactive ketones (excluding diaryl/α,β-unsaturated/α-hetero) is 1. The van der Waals surface area contributed by atoms with Gasteiger partial charge in [0, 0.05) is 5.56 Å². The van der Waals surface area contributed by atoms with Crippen LogP contribution in [0.4, 0.5) is 4.39 Å². The number of carbonyl (C=O) groups is 1. The number of ketones is 1. The molecule has 0 heterocycles. The lowest BCUT2D eigenvalue weighted by atomic mass is 10.0. The van der Waals surface area contributed by atoms with Crippen molar-refractivity contribution in [3.63, 3.8) is 0 Å². The van der Waals surface area contributed by atoms with Gasteiger partial charge in [0.1, 0.15) is 16.9 Å². The summed E-state index contributed by atoms with van der Waals surface area (Å²) in [5.41, 5.74) is 1.05. The summed E-state index contributed by atoms with van der Waals surface area (Å²) in [4.78, 5) is 12.4. The van der Waals surface area contributed by atoms with Gasteiger partial charge in [0.25, 0.3) is 0 Å². The zero-order valence-electron chi connectivity index (χ0n) is 11.7. The fourth-order valence-electron chi connectivity index (χ4n) is 1.89. The van der Waals surface area contributed by atoms with Crippen LogP contribution in [0.1, 0.15) is 34.6 Å². The molecule has 0 aromatic heterocycles. The third kappa shape index (κ3) is 4.05. The second kappa shape index (κ2) is 7.23. The Kier molecular flexibility index (Phi) is 5.34. The van der Waals surface area contributed by atoms with E-state index in [0.717, 1.165) is 6.42 Å². The molecule has 2 aromatic rings. The first-order valence-corrected chi connectivity index (χ1v) is 7.22. The molecule has 0 aliphatic rings. The predicted octanol–water partition coefficient (Wildman–Crippen LogP) is 4.78. The molecule has 0 amide bonds. The summed E-state index contributed by atoms with van der Waals surface area (Å²) in [6, 6.07) is 12.5. The largest absolute Gasteiger partial charge is 0.494 e. The Morgan fingerprint density at radius 1 is 1.24 bits per heavy atom. The molecule has 0 aliphatic carbocycles. The minimum Gasteiger partial charge on any atom is -0.494 e. The van der Waals surface area contributed by atoms with Crippen LogP contribution in [0.5, 0.6) is 5.75 Å². The van der Waals surface area contributed by atoms with Crippen LogP contribution in [-0.4, -0.2) is 12.4 Å². The SMILES string of the molecule is CCCOc1cccc(C(=O)C(Cl)c2ccc(F)cc2)c1. The molecule has 0 aliphatic heterocycles. The molecule has 2 nitrogen and oxygen atoms in total. The molecule has 0 saturated carbocycles. The minimum atomic E-state index is -0.841. The fraction of sp³-hybridized carbons (Fsp3) is 0.235. The van der Waals surface area contributed by atoms with Crippen LogP contribution < -0.4 is 4.74 Å². The molecular weight excluding hydrogens is 291 g/mol. The first kappa shape index (κ1) is 15.5. The maximum atomic E-state index is 12.9. The Hall–Kier alpha value is -1.87. The van der Waals surface area contributed by atoms with Crippen LogP contribution in [0.25, 0.3) is 0 Å². The molecule has 0 bridgehead atoms. The van der Waals surface area contributed by atoms with E-state index in [4.69, 9.17) is 16.3 Å². The van der Waals surface area contributed by atoms with E-state index in [1.165, 1.54) is 24.3 Å². The van der Waals surface area contributed by atoms with Crippen molar-refractivity contribution in [2.75, 3.05) is 6.61 Å². The van der Waals surface area contributed by atoms with Crippen molar-refractivity contribution in [1.82, 2.24) is 0 Å². The highest BCUT2D eigenvalue weighted by atomic mass is 35.5. The second-order valence-corrected chi connectivity index (χ2v) is 5.09. The smallest absolute Gasteiger partial charge is 0.185 e. The van der Waals surface area contributed by atoms with E-state index < -0.39 is 5.38 Å². The van der Waals surface area contributed by atoms with Crippen LogP contribution in [0.15, 0.2) is 48.5 Å². The van der Waals surface area contributed by atoms with E-state index in [-0.39, 0.29) is 11.6 Å². The van der Waals surface area contributed by atoms with E-state index in [0.29, 0.717) is 23.5 Å². The molecular formula is C17H16ClFO2. The summed E-state index contributed by atoms with van der Waals surface area (Å²) in [6.45, 7) is 2.61. The Morgan fingerprint density at radius 3 is 2.62 bits per heavy atom. The molecule has 4 heteroatoms. The zero-order chi connectivity index (χ0) is 15.2. The van der Waals surface area contributed by atoms with Gasteiger partial charge in [-0.1, -0.05) is 31.2 Å². The average Bonchev–Trinajstić information content (AvgIpc) is 2.52. The minimum absolute atomic E-state index is 0.231. The van der Waals surface area contributed by atoms with Gasteiger partial charge in [0.15, 0.2) is 5.78 Å². The third-order valence-corrected chi connectivity index (χ3v) is 3.43. The highest BCUT2D eigenvalue weighted by Crippen LogP contribution is 2.26. The fourth-order valence-corrected chi connectivity index (χ4v) is 2.16. The summed E-state index contributed by atoms with van der Waals surface area (Å²) in [5.74, 6) is 0.0564. The van der Waals surface area contributed by atoms with Crippen molar-refractivity contribution in [2.24, 2.45) is 0 Å². The van der Waals surface area contributed by atoms with Gasteiger partial charge < -0.3 is 4.74 Å². The summed E-state index contributed by atoms with van der Waals surface area (Å²) < 4.78 is 18.4. The van der Waals surface area contributed by atoms with Gasteiger partial charge in [-0.3, -0.25) is 4.79 Å². The second-order valence-electron chi connectivity index (χ2n) is 4.65. The predicted molar refractivity (Wildman–Crippen MR) is 81.6 cm³/mol. The van der Waals surface area contributed by atoms with E-state index in [1.807, 2.05) is 6.92 Å². The van der Waals surface area contributed by atoms with Gasteiger partial charge in [-0.05, 0) is 36.2 Å². The number of benzene rings is 2. The van der Waals surface area contributed by atoms with Crippen LogP contribution in [0.2, 0.25) is 0 Å². The monoisotopic (exact) mass is 306 g/mol. The lowest BCUT2D eigenvalue weighted by Crippen LogP contribution is -2.08. The van der Waals surface area contributed by atoms with Gasteiger partial charge in [-0.25, -0.2) is 4.39 Å². The quantitative estimate of drug-likeness (QED) is 0.567. The van der Waals surface area contributed by atoms with Gasteiger partial charge >= 0.3 is 0 Å². The summed E-state index contributed by atoms with van der Waals surface area (Å²) >= 11 is 6.19. The molecule has 0 N–H and O–H groups in total. The Bertz CT molecular complexity index is 610. The number of hydrogen-bond donors (Lipinski definition) is 0. The van der Waals surface area contributed by atoms with Crippen molar-refractivity contribution < 1.29 is 13.9 Å². The van der Waals surface area contributed by atoms with Gasteiger partial charge in [-0.15, -0.1) is 11.6 Å². The van der Waals surface area contributed by atoms with Crippen molar-refractivity contribution >= 4 is 17.4 Å². The summed E-state index contributed by atoms with van der Waals surface area (Å²) in [7, 11) is 0. The summed E-state index contributed by atoms with van der Waals surface area (Å²) in [5, 5.41) is -0.841. The van der Waals surface area contributed by atoms with E-state index >= 15 is 0 Å². The molecule has 21 heavy (non-hydrogen) atoms. The van der Waals surface area contributed by atoms with Gasteiger partial charge in [0.2, 0.25) is 0 Å². The molecule has 0 saturated heterocycles. The lowest BCUT2D eigenvalue weighted by Gasteiger charge is -2.10. The third-order valence-electron chi connectivity index (χ3n) is 2.98. The average molecular weight is 307 g/mol. The van der Waals surface area contributed by atoms with Gasteiger partial charge in [-0.2, -0.15) is 0 Å². The van der Waals surface area contributed by atoms with E-state index in [2.05, 4.69) is 0 Å².